The molecule has 0 saturated carbocycles. The monoisotopic (exact) mass is 659 g/mol. The normalized spacial score (nSPS) is 15.0. The lowest BCUT2D eigenvalue weighted by molar-refractivity contribution is 0.801. The quantitative estimate of drug-likeness (QED) is 0.182. The number of benzene rings is 9. The maximum atomic E-state index is 2.49. The summed E-state index contributed by atoms with van der Waals surface area (Å²) in [7, 11) is 0. The van der Waals surface area contributed by atoms with E-state index in [1.54, 1.807) is 0 Å². The Labute approximate surface area is 303 Å². The topological polar surface area (TPSA) is 3.24 Å². The largest absolute Gasteiger partial charge is 0.310 e. The third-order valence-electron chi connectivity index (χ3n) is 11.4. The summed E-state index contributed by atoms with van der Waals surface area (Å²) >= 11 is 0. The van der Waals surface area contributed by atoms with Crippen molar-refractivity contribution in [3.63, 3.8) is 0 Å². The van der Waals surface area contributed by atoms with Gasteiger partial charge in [0.15, 0.2) is 0 Å². The van der Waals surface area contributed by atoms with Gasteiger partial charge in [0.25, 0.3) is 0 Å². The Balaban J connectivity index is 1.19. The molecule has 1 spiro atoms. The molecule has 0 heterocycles. The fraction of sp³-hybridized carbons (Fsp3) is 0.0196. The molecule has 2 aliphatic carbocycles. The minimum atomic E-state index is -0.457. The number of fused-ring (bicyclic) bond motifs is 13. The van der Waals surface area contributed by atoms with Crippen molar-refractivity contribution in [3.8, 4) is 33.4 Å². The Morgan fingerprint density at radius 2 is 0.827 bits per heavy atom. The van der Waals surface area contributed by atoms with Gasteiger partial charge in [0.1, 0.15) is 0 Å². The average molecular weight is 660 g/mol. The number of hydrogen-bond acceptors (Lipinski definition) is 1. The predicted molar refractivity (Wildman–Crippen MR) is 218 cm³/mol. The molecule has 9 aromatic carbocycles. The van der Waals surface area contributed by atoms with Gasteiger partial charge in [-0.3, -0.25) is 0 Å². The van der Waals surface area contributed by atoms with Crippen LogP contribution in [-0.2, 0) is 5.41 Å². The minimum absolute atomic E-state index is 0.457. The summed E-state index contributed by atoms with van der Waals surface area (Å²) < 4.78 is 0. The second kappa shape index (κ2) is 11.2. The van der Waals surface area contributed by atoms with Crippen LogP contribution in [0, 0.1) is 0 Å². The van der Waals surface area contributed by atoms with Gasteiger partial charge in [0.2, 0.25) is 0 Å². The van der Waals surface area contributed by atoms with Gasteiger partial charge < -0.3 is 4.90 Å². The lowest BCUT2D eigenvalue weighted by Gasteiger charge is -2.33. The van der Waals surface area contributed by atoms with Gasteiger partial charge in [-0.15, -0.1) is 0 Å². The molecular formula is C51H33N. The predicted octanol–water partition coefficient (Wildman–Crippen LogP) is 13.5. The first-order valence-electron chi connectivity index (χ1n) is 18.1. The van der Waals surface area contributed by atoms with E-state index in [4.69, 9.17) is 0 Å². The standard InChI is InChI=1S/C51H33N/c1-2-12-34(13-3-1)36-22-26-39(27-23-36)52(40-28-24-35-14-4-5-16-38(35)32-40)41-29-31-45-43-18-8-10-20-47(43)51(49(45)33-41)48-21-11-9-19-44(48)46-30-25-37-15-6-7-17-42(37)50(46)51/h1-33H. The van der Waals surface area contributed by atoms with E-state index in [2.05, 4.69) is 205 Å². The van der Waals surface area contributed by atoms with Crippen LogP contribution in [0.3, 0.4) is 0 Å². The first kappa shape index (κ1) is 29.1. The number of rotatable bonds is 4. The van der Waals surface area contributed by atoms with Crippen molar-refractivity contribution in [2.75, 3.05) is 4.90 Å². The first-order chi connectivity index (χ1) is 25.8. The summed E-state index contributed by atoms with van der Waals surface area (Å²) in [6, 6.07) is 74.1. The molecule has 0 bridgehead atoms. The van der Waals surface area contributed by atoms with Crippen LogP contribution in [0.2, 0.25) is 0 Å². The molecule has 0 saturated heterocycles. The first-order valence-corrected chi connectivity index (χ1v) is 18.1. The van der Waals surface area contributed by atoms with E-state index in [1.807, 2.05) is 0 Å². The second-order valence-electron chi connectivity index (χ2n) is 14.1. The van der Waals surface area contributed by atoms with E-state index in [0.29, 0.717) is 0 Å². The molecule has 11 rings (SSSR count). The van der Waals surface area contributed by atoms with Crippen molar-refractivity contribution >= 4 is 38.6 Å². The highest BCUT2D eigenvalue weighted by atomic mass is 15.1. The molecule has 1 atom stereocenters. The van der Waals surface area contributed by atoms with E-state index >= 15 is 0 Å². The van der Waals surface area contributed by atoms with E-state index in [9.17, 15) is 0 Å². The summed E-state index contributed by atoms with van der Waals surface area (Å²) in [4.78, 5) is 2.43. The summed E-state index contributed by atoms with van der Waals surface area (Å²) in [5.74, 6) is 0. The van der Waals surface area contributed by atoms with Crippen LogP contribution in [0.25, 0.3) is 54.9 Å². The zero-order chi connectivity index (χ0) is 34.2. The number of nitrogens with zero attached hydrogens (tertiary/aromatic N) is 1. The lowest BCUT2D eigenvalue weighted by Crippen LogP contribution is -2.26. The molecule has 0 aromatic heterocycles. The van der Waals surface area contributed by atoms with Crippen molar-refractivity contribution in [2.45, 2.75) is 5.41 Å². The van der Waals surface area contributed by atoms with Crippen molar-refractivity contribution < 1.29 is 0 Å². The van der Waals surface area contributed by atoms with Gasteiger partial charge in [-0.2, -0.15) is 0 Å². The molecule has 0 aliphatic heterocycles. The van der Waals surface area contributed by atoms with E-state index in [1.165, 1.54) is 77.2 Å². The number of anilines is 3. The van der Waals surface area contributed by atoms with Gasteiger partial charge in [0.05, 0.1) is 5.41 Å². The molecule has 1 heteroatoms. The number of hydrogen-bond donors (Lipinski definition) is 0. The Bertz CT molecular complexity index is 2840. The molecule has 242 valence electrons. The zero-order valence-corrected chi connectivity index (χ0v) is 28.5. The maximum absolute atomic E-state index is 2.49. The smallest absolute Gasteiger partial charge is 0.0732 e. The summed E-state index contributed by atoms with van der Waals surface area (Å²) in [5.41, 5.74) is 16.0. The van der Waals surface area contributed by atoms with Crippen LogP contribution in [0.1, 0.15) is 22.3 Å². The third kappa shape index (κ3) is 4.05. The van der Waals surface area contributed by atoms with E-state index < -0.39 is 5.41 Å². The highest BCUT2D eigenvalue weighted by Gasteiger charge is 2.52. The van der Waals surface area contributed by atoms with Gasteiger partial charge >= 0.3 is 0 Å². The molecule has 0 fully saturated rings. The van der Waals surface area contributed by atoms with Gasteiger partial charge in [-0.05, 0) is 114 Å². The Hall–Kier alpha value is -6.70. The van der Waals surface area contributed by atoms with Crippen molar-refractivity contribution in [2.24, 2.45) is 0 Å². The van der Waals surface area contributed by atoms with Crippen LogP contribution < -0.4 is 4.90 Å². The molecule has 1 nitrogen and oxygen atoms in total. The highest BCUT2D eigenvalue weighted by molar-refractivity contribution is 6.04. The Morgan fingerprint density at radius 3 is 1.62 bits per heavy atom. The van der Waals surface area contributed by atoms with Gasteiger partial charge in [-0.1, -0.05) is 164 Å². The molecule has 0 amide bonds. The SMILES string of the molecule is c1ccc(-c2ccc(N(c3ccc4c(c3)C3(c5ccccc5-4)c4ccccc4-c4ccc5ccccc5c43)c3ccc4ccccc4c3)cc2)cc1. The molecular weight excluding hydrogens is 627 g/mol. The molecule has 9 aromatic rings. The minimum Gasteiger partial charge on any atom is -0.310 e. The van der Waals surface area contributed by atoms with Crippen LogP contribution in [0.4, 0.5) is 17.1 Å². The third-order valence-corrected chi connectivity index (χ3v) is 11.4. The molecule has 2 aliphatic rings. The maximum Gasteiger partial charge on any atom is 0.0732 e. The highest BCUT2D eigenvalue weighted by Crippen LogP contribution is 2.64. The van der Waals surface area contributed by atoms with Crippen molar-refractivity contribution in [1.82, 2.24) is 0 Å². The zero-order valence-electron chi connectivity index (χ0n) is 28.5. The molecule has 52 heavy (non-hydrogen) atoms. The van der Waals surface area contributed by atoms with Crippen LogP contribution in [0.5, 0.6) is 0 Å². The van der Waals surface area contributed by atoms with Crippen molar-refractivity contribution in [1.29, 1.82) is 0 Å². The Morgan fingerprint density at radius 1 is 0.308 bits per heavy atom. The average Bonchev–Trinajstić information content (AvgIpc) is 3.69. The van der Waals surface area contributed by atoms with Crippen LogP contribution >= 0.6 is 0 Å². The summed E-state index contributed by atoms with van der Waals surface area (Å²) in [6.45, 7) is 0. The molecule has 0 N–H and O–H groups in total. The van der Waals surface area contributed by atoms with E-state index in [-0.39, 0.29) is 0 Å². The van der Waals surface area contributed by atoms with Gasteiger partial charge in [-0.25, -0.2) is 0 Å². The fourth-order valence-corrected chi connectivity index (χ4v) is 9.24. The lowest BCUT2D eigenvalue weighted by atomic mass is 9.69. The van der Waals surface area contributed by atoms with Crippen LogP contribution in [-0.4, -0.2) is 0 Å². The summed E-state index contributed by atoms with van der Waals surface area (Å²) in [5, 5.41) is 5.04. The van der Waals surface area contributed by atoms with Gasteiger partial charge in [0, 0.05) is 17.1 Å². The van der Waals surface area contributed by atoms with E-state index in [0.717, 1.165) is 17.1 Å². The molecule has 1 unspecified atom stereocenters. The summed E-state index contributed by atoms with van der Waals surface area (Å²) in [6.07, 6.45) is 0. The van der Waals surface area contributed by atoms with Crippen LogP contribution in [0.15, 0.2) is 200 Å². The molecule has 0 radical (unpaired) electrons. The fourth-order valence-electron chi connectivity index (χ4n) is 9.24. The Kier molecular flexibility index (Phi) is 6.23. The van der Waals surface area contributed by atoms with Crippen molar-refractivity contribution in [3.05, 3.63) is 222 Å². The second-order valence-corrected chi connectivity index (χ2v) is 14.1.